The zero-order valence-corrected chi connectivity index (χ0v) is 12.7. The van der Waals surface area contributed by atoms with Crippen LogP contribution in [0.5, 0.6) is 5.75 Å². The van der Waals surface area contributed by atoms with Crippen molar-refractivity contribution in [3.63, 3.8) is 0 Å². The molecule has 3 heteroatoms. The van der Waals surface area contributed by atoms with Crippen LogP contribution in [0.1, 0.15) is 16.5 Å². The summed E-state index contributed by atoms with van der Waals surface area (Å²) in [6.45, 7) is 0. The van der Waals surface area contributed by atoms with Crippen LogP contribution in [0.4, 0.5) is 0 Å². The number of methoxy groups -OCH3 is 1. The van der Waals surface area contributed by atoms with Crippen LogP contribution in [-0.2, 0) is 6.42 Å². The maximum Gasteiger partial charge on any atom is 0.122 e. The lowest BCUT2D eigenvalue weighted by Crippen LogP contribution is -1.98. The van der Waals surface area contributed by atoms with Crippen molar-refractivity contribution >= 4 is 33.0 Å². The molecule has 102 valence electrons. The van der Waals surface area contributed by atoms with Crippen LogP contribution in [0.2, 0.25) is 0 Å². The van der Waals surface area contributed by atoms with E-state index >= 15 is 0 Å². The van der Waals surface area contributed by atoms with Gasteiger partial charge in [-0.2, -0.15) is 0 Å². The summed E-state index contributed by atoms with van der Waals surface area (Å²) in [5, 5.41) is 3.38. The molecule has 0 radical (unpaired) electrons. The monoisotopic (exact) mass is 302 g/mol. The van der Waals surface area contributed by atoms with E-state index in [1.807, 2.05) is 18.2 Å². The van der Waals surface area contributed by atoms with Crippen LogP contribution in [0.3, 0.4) is 0 Å². The van der Waals surface area contributed by atoms with Gasteiger partial charge in [0.05, 0.1) is 12.5 Å². The maximum atomic E-state index is 6.64. The number of rotatable bonds is 4. The Balaban J connectivity index is 1.91. The molecule has 3 rings (SSSR count). The Morgan fingerprint density at radius 1 is 1.10 bits per heavy atom. The van der Waals surface area contributed by atoms with Gasteiger partial charge in [0.25, 0.3) is 0 Å². The van der Waals surface area contributed by atoms with Crippen LogP contribution >= 0.6 is 22.9 Å². The van der Waals surface area contributed by atoms with Gasteiger partial charge in [-0.1, -0.05) is 36.4 Å². The van der Waals surface area contributed by atoms with E-state index in [4.69, 9.17) is 16.3 Å². The second kappa shape index (κ2) is 5.86. The zero-order valence-electron chi connectivity index (χ0n) is 11.2. The Labute approximate surface area is 127 Å². The molecule has 3 aromatic rings. The van der Waals surface area contributed by atoms with Crippen LogP contribution in [0, 0.1) is 0 Å². The van der Waals surface area contributed by atoms with E-state index in [2.05, 4.69) is 35.7 Å². The van der Waals surface area contributed by atoms with E-state index in [0.29, 0.717) is 0 Å². The van der Waals surface area contributed by atoms with Gasteiger partial charge in [0.15, 0.2) is 0 Å². The summed E-state index contributed by atoms with van der Waals surface area (Å²) in [4.78, 5) is 0. The number of alkyl halides is 1. The highest BCUT2D eigenvalue weighted by Crippen LogP contribution is 2.36. The standard InChI is InChI=1S/C17H15ClOS/c1-19-16-8-4-2-6-12(16)10-15(18)14-11-20-17-9-5-3-7-13(14)17/h2-9,11,15H,10H2,1H3. The van der Waals surface area contributed by atoms with Gasteiger partial charge in [-0.25, -0.2) is 0 Å². The topological polar surface area (TPSA) is 9.23 Å². The van der Waals surface area contributed by atoms with E-state index in [0.717, 1.165) is 17.7 Å². The van der Waals surface area contributed by atoms with Gasteiger partial charge in [-0.05, 0) is 40.4 Å². The third kappa shape index (κ3) is 2.54. The molecule has 1 aromatic heterocycles. The number of benzene rings is 2. The summed E-state index contributed by atoms with van der Waals surface area (Å²) in [5.41, 5.74) is 2.35. The van der Waals surface area contributed by atoms with Gasteiger partial charge < -0.3 is 4.74 Å². The fourth-order valence-corrected chi connectivity index (χ4v) is 3.85. The molecule has 0 spiro atoms. The molecule has 0 N–H and O–H groups in total. The molecule has 1 atom stereocenters. The summed E-state index contributed by atoms with van der Waals surface area (Å²) >= 11 is 8.39. The summed E-state index contributed by atoms with van der Waals surface area (Å²) in [7, 11) is 1.70. The van der Waals surface area contributed by atoms with Crippen molar-refractivity contribution in [2.45, 2.75) is 11.8 Å². The molecule has 0 amide bonds. The van der Waals surface area contributed by atoms with E-state index < -0.39 is 0 Å². The molecule has 0 saturated carbocycles. The predicted molar refractivity (Wildman–Crippen MR) is 87.1 cm³/mol. The van der Waals surface area contributed by atoms with Gasteiger partial charge in [-0.15, -0.1) is 22.9 Å². The molecule has 0 bridgehead atoms. The second-order valence-electron chi connectivity index (χ2n) is 4.67. The third-order valence-electron chi connectivity index (χ3n) is 3.44. The second-order valence-corrected chi connectivity index (χ2v) is 6.11. The molecule has 0 aliphatic carbocycles. The highest BCUT2D eigenvalue weighted by atomic mass is 35.5. The van der Waals surface area contributed by atoms with E-state index in [1.165, 1.54) is 15.6 Å². The fraction of sp³-hybridized carbons (Fsp3) is 0.176. The minimum absolute atomic E-state index is 0.0394. The van der Waals surface area contributed by atoms with E-state index in [9.17, 15) is 0 Å². The molecule has 1 unspecified atom stereocenters. The van der Waals surface area contributed by atoms with Crippen molar-refractivity contribution in [3.05, 3.63) is 65.0 Å². The van der Waals surface area contributed by atoms with Gasteiger partial charge in [-0.3, -0.25) is 0 Å². The van der Waals surface area contributed by atoms with Gasteiger partial charge in [0.2, 0.25) is 0 Å². The predicted octanol–water partition coefficient (Wildman–Crippen LogP) is 5.43. The van der Waals surface area contributed by atoms with Crippen molar-refractivity contribution in [2.75, 3.05) is 7.11 Å². The lowest BCUT2D eigenvalue weighted by atomic mass is 10.0. The smallest absolute Gasteiger partial charge is 0.122 e. The number of fused-ring (bicyclic) bond motifs is 1. The van der Waals surface area contributed by atoms with E-state index in [1.54, 1.807) is 18.4 Å². The van der Waals surface area contributed by atoms with Crippen molar-refractivity contribution in [2.24, 2.45) is 0 Å². The molecular formula is C17H15ClOS. The summed E-state index contributed by atoms with van der Waals surface area (Å²) in [6.07, 6.45) is 0.770. The number of para-hydroxylation sites is 1. The summed E-state index contributed by atoms with van der Waals surface area (Å²) < 4.78 is 6.68. The molecule has 1 heterocycles. The Bertz CT molecular complexity index is 720. The molecule has 1 nitrogen and oxygen atoms in total. The highest BCUT2D eigenvalue weighted by Gasteiger charge is 2.15. The Morgan fingerprint density at radius 2 is 1.85 bits per heavy atom. The van der Waals surface area contributed by atoms with Gasteiger partial charge >= 0.3 is 0 Å². The number of thiophene rings is 1. The normalized spacial score (nSPS) is 12.5. The number of hydrogen-bond donors (Lipinski definition) is 0. The first-order valence-corrected chi connectivity index (χ1v) is 7.83. The summed E-state index contributed by atoms with van der Waals surface area (Å²) in [5.74, 6) is 0.901. The number of hydrogen-bond acceptors (Lipinski definition) is 2. The summed E-state index contributed by atoms with van der Waals surface area (Å²) in [6, 6.07) is 16.4. The molecular weight excluding hydrogens is 288 g/mol. The lowest BCUT2D eigenvalue weighted by molar-refractivity contribution is 0.409. The fourth-order valence-electron chi connectivity index (χ4n) is 2.42. The van der Waals surface area contributed by atoms with Crippen LogP contribution in [-0.4, -0.2) is 7.11 Å². The average molecular weight is 303 g/mol. The van der Waals surface area contributed by atoms with Crippen LogP contribution in [0.25, 0.3) is 10.1 Å². The largest absolute Gasteiger partial charge is 0.496 e. The molecule has 0 aliphatic rings. The molecule has 0 fully saturated rings. The highest BCUT2D eigenvalue weighted by molar-refractivity contribution is 7.17. The van der Waals surface area contributed by atoms with Crippen molar-refractivity contribution in [1.29, 1.82) is 0 Å². The Hall–Kier alpha value is -1.51. The maximum absolute atomic E-state index is 6.64. The van der Waals surface area contributed by atoms with Gasteiger partial charge in [0, 0.05) is 4.70 Å². The molecule has 2 aromatic carbocycles. The quantitative estimate of drug-likeness (QED) is 0.584. The van der Waals surface area contributed by atoms with E-state index in [-0.39, 0.29) is 5.38 Å². The number of ether oxygens (including phenoxy) is 1. The molecule has 0 saturated heterocycles. The van der Waals surface area contributed by atoms with Crippen LogP contribution < -0.4 is 4.74 Å². The first-order valence-electron chi connectivity index (χ1n) is 6.51. The average Bonchev–Trinajstić information content (AvgIpc) is 2.92. The van der Waals surface area contributed by atoms with Crippen LogP contribution in [0.15, 0.2) is 53.9 Å². The number of halogens is 1. The first-order chi connectivity index (χ1) is 9.79. The first kappa shape index (κ1) is 13.5. The lowest BCUT2D eigenvalue weighted by Gasteiger charge is -2.12. The van der Waals surface area contributed by atoms with Crippen molar-refractivity contribution in [3.8, 4) is 5.75 Å². The zero-order chi connectivity index (χ0) is 13.9. The van der Waals surface area contributed by atoms with Gasteiger partial charge in [0.1, 0.15) is 5.75 Å². The third-order valence-corrected chi connectivity index (χ3v) is 4.81. The minimum Gasteiger partial charge on any atom is -0.496 e. The molecule has 0 aliphatic heterocycles. The van der Waals surface area contributed by atoms with Crippen molar-refractivity contribution < 1.29 is 4.74 Å². The minimum atomic E-state index is -0.0394. The Morgan fingerprint density at radius 3 is 2.70 bits per heavy atom. The SMILES string of the molecule is COc1ccccc1CC(Cl)c1csc2ccccc12. The molecule has 20 heavy (non-hydrogen) atoms. The Kier molecular flexibility index (Phi) is 3.95. The van der Waals surface area contributed by atoms with Crippen molar-refractivity contribution in [1.82, 2.24) is 0 Å².